The average molecular weight is 1020 g/mol. The molecule has 0 radical (unpaired) electrons. The lowest BCUT2D eigenvalue weighted by Gasteiger charge is -2.10. The predicted molar refractivity (Wildman–Crippen MR) is 341 cm³/mol. The topological polar surface area (TPSA) is 57.4 Å². The zero-order valence-corrected chi connectivity index (χ0v) is 43.3. The molecule has 0 saturated heterocycles. The number of nitrogens with zero attached hydrogens (tertiary/aromatic N) is 2. The summed E-state index contributed by atoms with van der Waals surface area (Å²) in [7, 11) is 0. The number of rotatable bonds is 4. The van der Waals surface area contributed by atoms with Gasteiger partial charge in [-0.1, -0.05) is 146 Å². The molecule has 5 heterocycles. The van der Waals surface area contributed by atoms with Crippen molar-refractivity contribution in [3.05, 3.63) is 265 Å². The molecule has 80 heavy (non-hydrogen) atoms. The highest BCUT2D eigenvalue weighted by atomic mass is 14.8. The van der Waals surface area contributed by atoms with E-state index in [0.29, 0.717) is 0 Å². The van der Waals surface area contributed by atoms with Crippen molar-refractivity contribution < 1.29 is 0 Å². The van der Waals surface area contributed by atoms with Crippen molar-refractivity contribution in [2.24, 2.45) is 0 Å². The summed E-state index contributed by atoms with van der Waals surface area (Å²) in [6.07, 6.45) is 8.80. The molecule has 12 aromatic carbocycles. The van der Waals surface area contributed by atoms with E-state index >= 15 is 0 Å². The highest BCUT2D eigenvalue weighted by Crippen LogP contribution is 2.42. The molecule has 8 bridgehead atoms. The Morgan fingerprint density at radius 2 is 0.388 bits per heavy atom. The van der Waals surface area contributed by atoms with Crippen LogP contribution in [0.3, 0.4) is 0 Å². The second kappa shape index (κ2) is 17.4. The van der Waals surface area contributed by atoms with Crippen LogP contribution in [0.2, 0.25) is 0 Å². The van der Waals surface area contributed by atoms with E-state index in [2.05, 4.69) is 277 Å². The molecule has 0 atom stereocenters. The van der Waals surface area contributed by atoms with Gasteiger partial charge in [0.25, 0.3) is 0 Å². The van der Waals surface area contributed by atoms with Gasteiger partial charge in [-0.25, -0.2) is 9.97 Å². The third-order valence-corrected chi connectivity index (χ3v) is 16.7. The second-order valence-corrected chi connectivity index (χ2v) is 21.5. The fourth-order valence-corrected chi connectivity index (χ4v) is 12.8. The number of fused-ring (bicyclic) bond motifs is 16. The van der Waals surface area contributed by atoms with Crippen molar-refractivity contribution in [2.45, 2.75) is 0 Å². The van der Waals surface area contributed by atoms with E-state index < -0.39 is 0 Å². The van der Waals surface area contributed by atoms with Gasteiger partial charge in [-0.3, -0.25) is 0 Å². The molecule has 0 spiro atoms. The van der Waals surface area contributed by atoms with Crippen LogP contribution in [0.1, 0.15) is 22.8 Å². The number of aromatic nitrogens is 4. The van der Waals surface area contributed by atoms with Crippen LogP contribution < -0.4 is 0 Å². The van der Waals surface area contributed by atoms with E-state index in [9.17, 15) is 0 Å². The fraction of sp³-hybridized carbons (Fsp3) is 0. The molecule has 3 aromatic heterocycles. The first-order valence-corrected chi connectivity index (χ1v) is 27.4. The molecule has 4 heteroatoms. The Bertz CT molecular complexity index is 4770. The molecule has 0 amide bonds. The molecule has 17 rings (SSSR count). The lowest BCUT2D eigenvalue weighted by Crippen LogP contribution is -1.90. The Morgan fingerprint density at radius 1 is 0.188 bits per heavy atom. The third kappa shape index (κ3) is 7.31. The van der Waals surface area contributed by atoms with Gasteiger partial charge in [-0.05, 0) is 230 Å². The molecule has 2 aliphatic rings. The molecule has 0 saturated carbocycles. The quantitative estimate of drug-likeness (QED) is 0.173. The van der Waals surface area contributed by atoms with E-state index in [0.717, 1.165) is 89.4 Å². The Kier molecular flexibility index (Phi) is 9.68. The maximum atomic E-state index is 5.73. The smallest absolute Gasteiger partial charge is 0.0737 e. The van der Waals surface area contributed by atoms with Crippen molar-refractivity contribution in [1.82, 2.24) is 19.9 Å². The van der Waals surface area contributed by atoms with E-state index in [-0.39, 0.29) is 0 Å². The number of aromatic amines is 2. The number of H-pyrrole nitrogens is 2. The average Bonchev–Trinajstić information content (AvgIpc) is 4.37. The Labute approximate surface area is 459 Å². The fourth-order valence-electron chi connectivity index (χ4n) is 12.8. The van der Waals surface area contributed by atoms with Gasteiger partial charge < -0.3 is 9.97 Å². The maximum Gasteiger partial charge on any atom is 0.0737 e. The van der Waals surface area contributed by atoms with Crippen LogP contribution in [0.5, 0.6) is 0 Å². The summed E-state index contributed by atoms with van der Waals surface area (Å²) in [5, 5.41) is 19.2. The molecule has 370 valence electrons. The molecular formula is C76H46N4. The van der Waals surface area contributed by atoms with Gasteiger partial charge in [0.2, 0.25) is 0 Å². The van der Waals surface area contributed by atoms with Crippen molar-refractivity contribution in [1.29, 1.82) is 0 Å². The minimum Gasteiger partial charge on any atom is -0.354 e. The lowest BCUT2D eigenvalue weighted by molar-refractivity contribution is 1.31. The van der Waals surface area contributed by atoms with Gasteiger partial charge >= 0.3 is 0 Å². The van der Waals surface area contributed by atoms with Crippen molar-refractivity contribution in [3.8, 4) is 44.5 Å². The molecule has 2 aliphatic heterocycles. The summed E-state index contributed by atoms with van der Waals surface area (Å²) in [5.41, 5.74) is 15.7. The minimum atomic E-state index is 0.875. The normalized spacial score (nSPS) is 12.4. The highest BCUT2D eigenvalue weighted by molar-refractivity contribution is 6.08. The summed E-state index contributed by atoms with van der Waals surface area (Å²) >= 11 is 0. The molecule has 2 N–H and O–H groups in total. The SMILES string of the molecule is C1=Cc2nc1c(-c1ccc3cc4ccccc4cc3c1)c1ccc([nH]1)c(-c1ccc3cc4ccccc4cc3c1)c1nc(c(-c3ccc4cc5ccccc5cc4c3)c3ccc([nH]3)c2-c2ccc3cc4ccccc4cc3c2)C=C1. The number of nitrogens with one attached hydrogen (secondary N) is 2. The Hall–Kier alpha value is -10.7. The summed E-state index contributed by atoms with van der Waals surface area (Å²) in [6, 6.07) is 89.1. The van der Waals surface area contributed by atoms with Crippen LogP contribution in [-0.4, -0.2) is 19.9 Å². The van der Waals surface area contributed by atoms with E-state index in [1.807, 2.05) is 0 Å². The van der Waals surface area contributed by atoms with Gasteiger partial charge in [0.05, 0.1) is 22.8 Å². The minimum absolute atomic E-state index is 0.875. The Morgan fingerprint density at radius 3 is 0.613 bits per heavy atom. The maximum absolute atomic E-state index is 5.73. The first-order valence-electron chi connectivity index (χ1n) is 27.4. The Balaban J connectivity index is 0.989. The van der Waals surface area contributed by atoms with Gasteiger partial charge in [0, 0.05) is 44.3 Å². The third-order valence-electron chi connectivity index (χ3n) is 16.7. The van der Waals surface area contributed by atoms with Crippen molar-refractivity contribution in [2.75, 3.05) is 0 Å². The highest BCUT2D eigenvalue weighted by Gasteiger charge is 2.21. The largest absolute Gasteiger partial charge is 0.354 e. The number of benzene rings is 12. The van der Waals surface area contributed by atoms with Crippen molar-refractivity contribution >= 4 is 133 Å². The van der Waals surface area contributed by atoms with Crippen LogP contribution in [0.4, 0.5) is 0 Å². The number of hydrogen-bond acceptors (Lipinski definition) is 2. The molecule has 0 fully saturated rings. The van der Waals surface area contributed by atoms with Gasteiger partial charge in [0.1, 0.15) is 0 Å². The summed E-state index contributed by atoms with van der Waals surface area (Å²) in [4.78, 5) is 19.5. The predicted octanol–water partition coefficient (Wildman–Crippen LogP) is 20.5. The summed E-state index contributed by atoms with van der Waals surface area (Å²) in [6.45, 7) is 0. The molecule has 4 nitrogen and oxygen atoms in total. The number of hydrogen-bond donors (Lipinski definition) is 2. The zero-order chi connectivity index (χ0) is 52.4. The van der Waals surface area contributed by atoms with Crippen LogP contribution in [0.15, 0.2) is 243 Å². The molecule has 15 aromatic rings. The van der Waals surface area contributed by atoms with Crippen LogP contribution >= 0.6 is 0 Å². The van der Waals surface area contributed by atoms with Gasteiger partial charge in [-0.2, -0.15) is 0 Å². The molecule has 0 aliphatic carbocycles. The van der Waals surface area contributed by atoms with E-state index in [4.69, 9.17) is 9.97 Å². The monoisotopic (exact) mass is 1010 g/mol. The van der Waals surface area contributed by atoms with E-state index in [1.165, 1.54) is 86.2 Å². The van der Waals surface area contributed by atoms with Crippen LogP contribution in [-0.2, 0) is 0 Å². The summed E-state index contributed by atoms with van der Waals surface area (Å²) in [5.74, 6) is 0. The van der Waals surface area contributed by atoms with Crippen LogP contribution in [0, 0.1) is 0 Å². The first-order chi connectivity index (χ1) is 39.5. The van der Waals surface area contributed by atoms with Gasteiger partial charge in [0.15, 0.2) is 0 Å². The zero-order valence-electron chi connectivity index (χ0n) is 43.3. The second-order valence-electron chi connectivity index (χ2n) is 21.5. The van der Waals surface area contributed by atoms with Crippen molar-refractivity contribution in [3.63, 3.8) is 0 Å². The first kappa shape index (κ1) is 44.4. The molecular weight excluding hydrogens is 969 g/mol. The molecule has 0 unspecified atom stereocenters. The standard InChI is InChI=1S/C76H46N4/c1-5-13-49-37-61-41-57(21-17-53(61)33-45(49)9-1)73-65-25-27-67(77-65)74(58-22-18-54-34-46-10-2-6-14-50(46)38-62(54)42-58)69-29-31-71(79-69)76(60-24-20-56-36-48-12-4-8-16-52(48)40-64(56)44-60)72-32-30-70(80-72)75(68-28-26-66(73)78-68)59-23-19-55-35-47-11-3-7-15-51(47)39-63(55)43-59/h1-44,77,80H. The lowest BCUT2D eigenvalue weighted by atomic mass is 9.97. The van der Waals surface area contributed by atoms with E-state index in [1.54, 1.807) is 0 Å². The summed E-state index contributed by atoms with van der Waals surface area (Å²) < 4.78 is 0. The van der Waals surface area contributed by atoms with Gasteiger partial charge in [-0.15, -0.1) is 0 Å². The van der Waals surface area contributed by atoms with Crippen LogP contribution in [0.25, 0.3) is 177 Å².